The first-order valence-electron chi connectivity index (χ1n) is 11.1. The van der Waals surface area contributed by atoms with Crippen LogP contribution in [0, 0.1) is 5.92 Å². The fraction of sp³-hybridized carbons (Fsp3) is 0.542. The Bertz CT molecular complexity index is 798. The zero-order valence-corrected chi connectivity index (χ0v) is 17.8. The second-order valence-electron chi connectivity index (χ2n) is 8.65. The first-order chi connectivity index (χ1) is 14.2. The van der Waals surface area contributed by atoms with E-state index in [-0.39, 0.29) is 0 Å². The third-order valence-electron chi connectivity index (χ3n) is 6.33. The molecule has 1 aromatic heterocycles. The monoisotopic (exact) mass is 413 g/mol. The number of hydrogen-bond acceptors (Lipinski definition) is 4. The van der Waals surface area contributed by atoms with E-state index in [9.17, 15) is 0 Å². The van der Waals surface area contributed by atoms with Gasteiger partial charge in [0.25, 0.3) is 0 Å². The van der Waals surface area contributed by atoms with Crippen LogP contribution < -0.4 is 15.8 Å². The summed E-state index contributed by atoms with van der Waals surface area (Å²) in [6.07, 6.45) is 12.7. The van der Waals surface area contributed by atoms with Crippen LogP contribution in [0.3, 0.4) is 0 Å². The van der Waals surface area contributed by atoms with Crippen LogP contribution in [-0.2, 0) is 0 Å². The minimum atomic E-state index is 0.345. The fourth-order valence-electron chi connectivity index (χ4n) is 4.53. The van der Waals surface area contributed by atoms with Crippen molar-refractivity contribution in [2.24, 2.45) is 11.7 Å². The van der Waals surface area contributed by atoms with E-state index in [1.807, 2.05) is 12.1 Å². The highest BCUT2D eigenvalue weighted by atomic mass is 35.5. The lowest BCUT2D eigenvalue weighted by atomic mass is 9.90. The van der Waals surface area contributed by atoms with Gasteiger partial charge in [-0.05, 0) is 68.2 Å². The molecule has 0 bridgehead atoms. The number of anilines is 1. The van der Waals surface area contributed by atoms with Crippen LogP contribution in [0.25, 0.3) is 11.1 Å². The topological polar surface area (TPSA) is 60.2 Å². The third kappa shape index (κ3) is 5.64. The summed E-state index contributed by atoms with van der Waals surface area (Å²) >= 11 is 6.50. The highest BCUT2D eigenvalue weighted by Gasteiger charge is 2.19. The zero-order valence-electron chi connectivity index (χ0n) is 17.1. The molecule has 5 heteroatoms. The maximum Gasteiger partial charge on any atom is 0.126 e. The maximum absolute atomic E-state index is 6.50. The molecule has 29 heavy (non-hydrogen) atoms. The summed E-state index contributed by atoms with van der Waals surface area (Å²) in [7, 11) is 0. The molecule has 2 saturated carbocycles. The average Bonchev–Trinajstić information content (AvgIpc) is 2.76. The van der Waals surface area contributed by atoms with Crippen molar-refractivity contribution in [3.05, 3.63) is 41.6 Å². The van der Waals surface area contributed by atoms with Gasteiger partial charge in [0.2, 0.25) is 0 Å². The van der Waals surface area contributed by atoms with E-state index in [4.69, 9.17) is 22.1 Å². The van der Waals surface area contributed by atoms with Crippen LogP contribution in [0.4, 0.5) is 5.82 Å². The van der Waals surface area contributed by atoms with Gasteiger partial charge in [-0.25, -0.2) is 4.98 Å². The standard InChI is InChI=1S/C24H32ClN3O/c25-23-15-27-24(28-20-11-9-19(26)10-12-20)14-22(23)18-7-4-8-21(13-18)29-16-17-5-2-1-3-6-17/h4,7-8,13-15,17,19-20H,1-3,5-6,9-12,16,26H2,(H,27,28). The largest absolute Gasteiger partial charge is 0.493 e. The Balaban J connectivity index is 1.44. The van der Waals surface area contributed by atoms with Gasteiger partial charge in [0.15, 0.2) is 0 Å². The SMILES string of the molecule is NC1CCC(Nc2cc(-c3cccc(OCC4CCCCC4)c3)c(Cl)cn2)CC1. The molecule has 1 aromatic carbocycles. The molecule has 2 fully saturated rings. The van der Waals surface area contributed by atoms with Crippen molar-refractivity contribution in [1.82, 2.24) is 4.98 Å². The quantitative estimate of drug-likeness (QED) is 0.605. The number of pyridine rings is 1. The summed E-state index contributed by atoms with van der Waals surface area (Å²) in [5.74, 6) is 2.48. The molecule has 4 nitrogen and oxygen atoms in total. The Morgan fingerprint density at radius 1 is 1.03 bits per heavy atom. The molecular weight excluding hydrogens is 382 g/mol. The molecule has 2 aliphatic rings. The number of aromatic nitrogens is 1. The predicted molar refractivity (Wildman–Crippen MR) is 121 cm³/mol. The molecule has 0 atom stereocenters. The van der Waals surface area contributed by atoms with Gasteiger partial charge in [-0.1, -0.05) is 43.0 Å². The minimum Gasteiger partial charge on any atom is -0.493 e. The van der Waals surface area contributed by atoms with E-state index in [2.05, 4.69) is 28.5 Å². The van der Waals surface area contributed by atoms with Crippen LogP contribution in [0.2, 0.25) is 5.02 Å². The molecule has 3 N–H and O–H groups in total. The summed E-state index contributed by atoms with van der Waals surface area (Å²) in [6, 6.07) is 11.1. The van der Waals surface area contributed by atoms with Crippen molar-refractivity contribution in [1.29, 1.82) is 0 Å². The summed E-state index contributed by atoms with van der Waals surface area (Å²) in [6.45, 7) is 0.810. The van der Waals surface area contributed by atoms with Gasteiger partial charge in [-0.15, -0.1) is 0 Å². The fourth-order valence-corrected chi connectivity index (χ4v) is 4.75. The second-order valence-corrected chi connectivity index (χ2v) is 9.06. The van der Waals surface area contributed by atoms with Crippen molar-refractivity contribution in [3.8, 4) is 16.9 Å². The summed E-state index contributed by atoms with van der Waals surface area (Å²) in [5.41, 5.74) is 8.07. The molecular formula is C24H32ClN3O. The molecule has 156 valence electrons. The van der Waals surface area contributed by atoms with Crippen molar-refractivity contribution < 1.29 is 4.74 Å². The van der Waals surface area contributed by atoms with Gasteiger partial charge in [0.1, 0.15) is 11.6 Å². The smallest absolute Gasteiger partial charge is 0.126 e. The molecule has 2 aliphatic carbocycles. The van der Waals surface area contributed by atoms with E-state index in [0.717, 1.165) is 55.0 Å². The van der Waals surface area contributed by atoms with Crippen LogP contribution >= 0.6 is 11.6 Å². The number of halogens is 1. The zero-order chi connectivity index (χ0) is 20.1. The molecule has 0 spiro atoms. The van der Waals surface area contributed by atoms with Gasteiger partial charge < -0.3 is 15.8 Å². The van der Waals surface area contributed by atoms with E-state index in [1.165, 1.54) is 32.1 Å². The molecule has 2 aromatic rings. The first-order valence-corrected chi connectivity index (χ1v) is 11.5. The summed E-state index contributed by atoms with van der Waals surface area (Å²) < 4.78 is 6.12. The van der Waals surface area contributed by atoms with Gasteiger partial charge in [-0.3, -0.25) is 0 Å². The second kappa shape index (κ2) is 9.82. The lowest BCUT2D eigenvalue weighted by molar-refractivity contribution is 0.209. The van der Waals surface area contributed by atoms with Crippen molar-refractivity contribution in [2.75, 3.05) is 11.9 Å². The average molecular weight is 414 g/mol. The van der Waals surface area contributed by atoms with E-state index < -0.39 is 0 Å². The molecule has 0 saturated heterocycles. The van der Waals surface area contributed by atoms with E-state index >= 15 is 0 Å². The molecule has 0 unspecified atom stereocenters. The van der Waals surface area contributed by atoms with Crippen LogP contribution in [-0.4, -0.2) is 23.7 Å². The maximum atomic E-state index is 6.50. The summed E-state index contributed by atoms with van der Waals surface area (Å²) in [5, 5.41) is 4.22. The van der Waals surface area contributed by atoms with Crippen LogP contribution in [0.5, 0.6) is 5.75 Å². The highest BCUT2D eigenvalue weighted by Crippen LogP contribution is 2.33. The molecule has 0 amide bonds. The van der Waals surface area contributed by atoms with Gasteiger partial charge in [0.05, 0.1) is 11.6 Å². The number of hydrogen-bond donors (Lipinski definition) is 2. The van der Waals surface area contributed by atoms with Crippen molar-refractivity contribution in [3.63, 3.8) is 0 Å². The predicted octanol–water partition coefficient (Wildman–Crippen LogP) is 6.04. The Hall–Kier alpha value is -1.78. The lowest BCUT2D eigenvalue weighted by Gasteiger charge is -2.27. The van der Waals surface area contributed by atoms with E-state index in [1.54, 1.807) is 6.20 Å². The van der Waals surface area contributed by atoms with Crippen molar-refractivity contribution >= 4 is 17.4 Å². The molecule has 0 aliphatic heterocycles. The Morgan fingerprint density at radius 3 is 2.62 bits per heavy atom. The Labute approximate surface area is 179 Å². The first kappa shape index (κ1) is 20.5. The number of benzene rings is 1. The number of rotatable bonds is 6. The Kier molecular flexibility index (Phi) is 6.94. The number of nitrogens with two attached hydrogens (primary N) is 1. The Morgan fingerprint density at radius 2 is 1.83 bits per heavy atom. The number of nitrogens with zero attached hydrogens (tertiary/aromatic N) is 1. The van der Waals surface area contributed by atoms with Crippen LogP contribution in [0.15, 0.2) is 36.5 Å². The highest BCUT2D eigenvalue weighted by molar-refractivity contribution is 6.33. The summed E-state index contributed by atoms with van der Waals surface area (Å²) in [4.78, 5) is 4.49. The van der Waals surface area contributed by atoms with Gasteiger partial charge in [-0.2, -0.15) is 0 Å². The van der Waals surface area contributed by atoms with Crippen molar-refractivity contribution in [2.45, 2.75) is 69.9 Å². The van der Waals surface area contributed by atoms with E-state index in [0.29, 0.717) is 23.0 Å². The lowest BCUT2D eigenvalue weighted by Crippen LogP contribution is -2.33. The van der Waals surface area contributed by atoms with Crippen LogP contribution in [0.1, 0.15) is 57.8 Å². The minimum absolute atomic E-state index is 0.345. The third-order valence-corrected chi connectivity index (χ3v) is 6.64. The number of ether oxygens (including phenoxy) is 1. The number of nitrogens with one attached hydrogen (secondary N) is 1. The van der Waals surface area contributed by atoms with Gasteiger partial charge >= 0.3 is 0 Å². The molecule has 0 radical (unpaired) electrons. The van der Waals surface area contributed by atoms with Gasteiger partial charge in [0, 0.05) is 23.8 Å². The normalized spacial score (nSPS) is 23.0. The molecule has 4 rings (SSSR count). The molecule has 1 heterocycles.